The summed E-state index contributed by atoms with van der Waals surface area (Å²) >= 11 is 0. The van der Waals surface area contributed by atoms with E-state index in [-0.39, 0.29) is 12.6 Å². The number of carbonyl (C=O) groups excluding carboxylic acids is 1. The van der Waals surface area contributed by atoms with Gasteiger partial charge in [-0.15, -0.1) is 0 Å². The number of ether oxygens (including phenoxy) is 1. The molecule has 1 fully saturated rings. The molecule has 0 radical (unpaired) electrons. The number of carbonyl (C=O) groups is 1. The van der Waals surface area contributed by atoms with E-state index in [4.69, 9.17) is 9.29 Å². The third kappa shape index (κ3) is 2.97. The van der Waals surface area contributed by atoms with Crippen LogP contribution in [-0.2, 0) is 26.2 Å². The van der Waals surface area contributed by atoms with Crippen LogP contribution in [0.2, 0.25) is 0 Å². The van der Waals surface area contributed by atoms with Crippen molar-refractivity contribution in [1.82, 2.24) is 5.32 Å². The first kappa shape index (κ1) is 16.7. The van der Waals surface area contributed by atoms with Crippen molar-refractivity contribution in [1.29, 1.82) is 0 Å². The molecule has 128 valence electrons. The Labute approximate surface area is 136 Å². The molecule has 2 N–H and O–H groups in total. The lowest BCUT2D eigenvalue weighted by Gasteiger charge is -2.14. The first-order valence-corrected chi connectivity index (χ1v) is 8.41. The quantitative estimate of drug-likeness (QED) is 0.630. The predicted octanol–water partition coefficient (Wildman–Crippen LogP) is 2.01. The summed E-state index contributed by atoms with van der Waals surface area (Å²) in [5.74, 6) is -2.08. The Morgan fingerprint density at radius 1 is 1.25 bits per heavy atom. The number of fused-ring (bicyclic) bond motifs is 1. The molecule has 1 heterocycles. The number of hydrogen-bond acceptors (Lipinski definition) is 4. The molecule has 0 bridgehead atoms. The van der Waals surface area contributed by atoms with Gasteiger partial charge in [-0.3, -0.25) is 9.35 Å². The van der Waals surface area contributed by atoms with Crippen LogP contribution in [0.15, 0.2) is 36.4 Å². The van der Waals surface area contributed by atoms with Crippen molar-refractivity contribution in [2.45, 2.75) is 17.9 Å². The van der Waals surface area contributed by atoms with Gasteiger partial charge in [0.1, 0.15) is 6.10 Å². The molecule has 24 heavy (non-hydrogen) atoms. The Morgan fingerprint density at radius 3 is 2.46 bits per heavy atom. The molecule has 1 amide bonds. The van der Waals surface area contributed by atoms with Crippen molar-refractivity contribution in [2.75, 3.05) is 6.61 Å². The molecule has 9 heteroatoms. The summed E-state index contributed by atoms with van der Waals surface area (Å²) in [4.78, 5) is 11.4. The number of alkyl halides is 2. The fourth-order valence-corrected chi connectivity index (χ4v) is 2.75. The first-order chi connectivity index (χ1) is 11.2. The highest BCUT2D eigenvalue weighted by atomic mass is 32.2. The second-order valence-corrected chi connectivity index (χ2v) is 6.82. The van der Waals surface area contributed by atoms with E-state index in [9.17, 15) is 22.0 Å². The van der Waals surface area contributed by atoms with Crippen LogP contribution < -0.4 is 5.32 Å². The third-order valence-electron chi connectivity index (χ3n) is 3.76. The van der Waals surface area contributed by atoms with E-state index in [0.29, 0.717) is 12.2 Å². The highest BCUT2D eigenvalue weighted by molar-refractivity contribution is 7.87. The van der Waals surface area contributed by atoms with Gasteiger partial charge in [0.25, 0.3) is 0 Å². The fraction of sp³-hybridized carbons (Fsp3) is 0.267. The Kier molecular flexibility index (Phi) is 4.02. The van der Waals surface area contributed by atoms with Crippen molar-refractivity contribution in [2.24, 2.45) is 0 Å². The van der Waals surface area contributed by atoms with Crippen LogP contribution in [0.4, 0.5) is 8.78 Å². The van der Waals surface area contributed by atoms with Gasteiger partial charge in [-0.2, -0.15) is 17.2 Å². The van der Waals surface area contributed by atoms with E-state index in [1.54, 1.807) is 24.3 Å². The van der Waals surface area contributed by atoms with Crippen LogP contribution in [0.5, 0.6) is 0 Å². The molecule has 0 aliphatic carbocycles. The van der Waals surface area contributed by atoms with Crippen LogP contribution in [0.25, 0.3) is 10.8 Å². The number of benzene rings is 2. The zero-order valence-electron chi connectivity index (χ0n) is 12.2. The molecule has 6 nitrogen and oxygen atoms in total. The van der Waals surface area contributed by atoms with Gasteiger partial charge in [-0.1, -0.05) is 36.4 Å². The first-order valence-electron chi connectivity index (χ1n) is 6.97. The molecule has 1 aliphatic heterocycles. The van der Waals surface area contributed by atoms with Crippen LogP contribution >= 0.6 is 0 Å². The molecular formula is C15H13F2NO5S. The summed E-state index contributed by atoms with van der Waals surface area (Å²) in [5, 5.41) is -1.45. The average molecular weight is 357 g/mol. The standard InChI is InChI=1S/C15H13F2NO5S/c16-15(17,24(20,21)22)14(19)18-7-9-5-6-12(13-8-23-13)11-4-2-1-3-10(9)11/h1-6,13H,7-8H2,(H,18,19)(H,20,21,22). The molecule has 0 aromatic heterocycles. The van der Waals surface area contributed by atoms with Gasteiger partial charge in [0.15, 0.2) is 0 Å². The second-order valence-electron chi connectivity index (χ2n) is 5.36. The van der Waals surface area contributed by atoms with Crippen molar-refractivity contribution in [3.05, 3.63) is 47.5 Å². The SMILES string of the molecule is O=C(NCc1ccc(C2CO2)c2ccccc12)C(F)(F)S(=O)(=O)O. The van der Waals surface area contributed by atoms with E-state index >= 15 is 0 Å². The van der Waals surface area contributed by atoms with E-state index in [1.165, 1.54) is 0 Å². The maximum absolute atomic E-state index is 13.3. The molecule has 1 atom stereocenters. The number of nitrogens with one attached hydrogen (secondary N) is 1. The largest absolute Gasteiger partial charge is 0.446 e. The minimum absolute atomic E-state index is 0.00223. The van der Waals surface area contributed by atoms with Crippen molar-refractivity contribution >= 4 is 26.8 Å². The molecule has 0 saturated carbocycles. The van der Waals surface area contributed by atoms with Crippen molar-refractivity contribution in [3.8, 4) is 0 Å². The van der Waals surface area contributed by atoms with Gasteiger partial charge in [0.2, 0.25) is 0 Å². The number of rotatable bonds is 5. The van der Waals surface area contributed by atoms with E-state index in [0.717, 1.165) is 16.3 Å². The smallest absolute Gasteiger partial charge is 0.368 e. The minimum atomic E-state index is -5.82. The van der Waals surface area contributed by atoms with Gasteiger partial charge in [0, 0.05) is 6.54 Å². The van der Waals surface area contributed by atoms with Crippen LogP contribution in [0, 0.1) is 0 Å². The normalized spacial score (nSPS) is 17.7. The summed E-state index contributed by atoms with van der Waals surface area (Å²) in [5.41, 5.74) is 1.50. The minimum Gasteiger partial charge on any atom is -0.368 e. The Hall–Kier alpha value is -2.10. The van der Waals surface area contributed by atoms with Crippen LogP contribution in [-0.4, -0.2) is 30.7 Å². The van der Waals surface area contributed by atoms with Gasteiger partial charge >= 0.3 is 21.3 Å². The highest BCUT2D eigenvalue weighted by Crippen LogP contribution is 2.36. The predicted molar refractivity (Wildman–Crippen MR) is 81.0 cm³/mol. The van der Waals surface area contributed by atoms with Gasteiger partial charge < -0.3 is 10.1 Å². The third-order valence-corrected chi connectivity index (χ3v) is 4.59. The maximum Gasteiger partial charge on any atom is 0.446 e. The zero-order chi connectivity index (χ0) is 17.5. The lowest BCUT2D eigenvalue weighted by molar-refractivity contribution is -0.136. The van der Waals surface area contributed by atoms with E-state index < -0.39 is 21.3 Å². The molecule has 1 aliphatic rings. The van der Waals surface area contributed by atoms with Gasteiger partial charge in [-0.05, 0) is 21.9 Å². The highest BCUT2D eigenvalue weighted by Gasteiger charge is 2.52. The number of amides is 1. The lowest BCUT2D eigenvalue weighted by atomic mass is 9.98. The second kappa shape index (κ2) is 5.76. The maximum atomic E-state index is 13.3. The Balaban J connectivity index is 1.86. The Morgan fingerprint density at radius 2 is 1.88 bits per heavy atom. The van der Waals surface area contributed by atoms with E-state index in [2.05, 4.69) is 0 Å². The molecule has 3 rings (SSSR count). The molecule has 2 aromatic rings. The van der Waals surface area contributed by atoms with E-state index in [1.807, 2.05) is 17.4 Å². The molecular weight excluding hydrogens is 344 g/mol. The van der Waals surface area contributed by atoms with Gasteiger partial charge in [-0.25, -0.2) is 0 Å². The van der Waals surface area contributed by atoms with Crippen LogP contribution in [0.3, 0.4) is 0 Å². The zero-order valence-corrected chi connectivity index (χ0v) is 13.0. The van der Waals surface area contributed by atoms with Crippen LogP contribution in [0.1, 0.15) is 17.2 Å². The van der Waals surface area contributed by atoms with Crippen molar-refractivity contribution in [3.63, 3.8) is 0 Å². The van der Waals surface area contributed by atoms with Gasteiger partial charge in [0.05, 0.1) is 6.61 Å². The summed E-state index contributed by atoms with van der Waals surface area (Å²) in [7, 11) is -5.82. The number of epoxide rings is 1. The fourth-order valence-electron chi connectivity index (χ4n) is 2.44. The number of hydrogen-bond donors (Lipinski definition) is 2. The Bertz CT molecular complexity index is 909. The molecule has 1 saturated heterocycles. The monoisotopic (exact) mass is 357 g/mol. The summed E-state index contributed by atoms with van der Waals surface area (Å²) in [6.07, 6.45) is 0.00223. The molecule has 0 spiro atoms. The van der Waals surface area contributed by atoms with Crippen molar-refractivity contribution < 1.29 is 31.3 Å². The summed E-state index contributed by atoms with van der Waals surface area (Å²) in [6, 6.07) is 10.6. The molecule has 1 unspecified atom stereocenters. The molecule has 2 aromatic carbocycles. The summed E-state index contributed by atoms with van der Waals surface area (Å²) in [6.45, 7) is 0.302. The lowest BCUT2D eigenvalue weighted by Crippen LogP contribution is -2.45. The average Bonchev–Trinajstić information content (AvgIpc) is 3.35. The summed E-state index contributed by atoms with van der Waals surface area (Å²) < 4.78 is 61.4. The topological polar surface area (TPSA) is 96.0 Å². The number of halogens is 2.